The number of halogens is 1. The van der Waals surface area contributed by atoms with Gasteiger partial charge in [0.2, 0.25) is 11.8 Å². The molecule has 2 fully saturated rings. The van der Waals surface area contributed by atoms with Crippen molar-refractivity contribution in [3.63, 3.8) is 0 Å². The summed E-state index contributed by atoms with van der Waals surface area (Å²) in [7, 11) is 0. The molecule has 2 aromatic rings. The minimum Gasteiger partial charge on any atom is -0.360 e. The number of piperazine rings is 1. The summed E-state index contributed by atoms with van der Waals surface area (Å²) in [4.78, 5) is 34.1. The molecular formula is C23H29FN4O2S. The van der Waals surface area contributed by atoms with Crippen LogP contribution in [0.3, 0.4) is 0 Å². The van der Waals surface area contributed by atoms with Crippen LogP contribution in [-0.4, -0.2) is 47.4 Å². The van der Waals surface area contributed by atoms with Gasteiger partial charge >= 0.3 is 0 Å². The van der Waals surface area contributed by atoms with Crippen molar-refractivity contribution in [3.05, 3.63) is 41.2 Å². The van der Waals surface area contributed by atoms with Crippen LogP contribution in [0.1, 0.15) is 44.1 Å². The van der Waals surface area contributed by atoms with E-state index in [4.69, 9.17) is 0 Å². The highest BCUT2D eigenvalue weighted by Crippen LogP contribution is 2.30. The topological polar surface area (TPSA) is 65.5 Å². The molecule has 0 spiro atoms. The highest BCUT2D eigenvalue weighted by molar-refractivity contribution is 7.13. The quantitative estimate of drug-likeness (QED) is 0.725. The van der Waals surface area contributed by atoms with Crippen LogP contribution in [0.5, 0.6) is 0 Å². The van der Waals surface area contributed by atoms with E-state index in [1.54, 1.807) is 17.2 Å². The Morgan fingerprint density at radius 1 is 1.29 bits per heavy atom. The second-order valence-electron chi connectivity index (χ2n) is 8.52. The Labute approximate surface area is 186 Å². The summed E-state index contributed by atoms with van der Waals surface area (Å²) in [5.74, 6) is -0.111. The van der Waals surface area contributed by atoms with Gasteiger partial charge in [0.1, 0.15) is 11.9 Å². The third kappa shape index (κ3) is 5.23. The minimum absolute atomic E-state index is 0.0926. The molecule has 166 valence electrons. The number of nitrogens with zero attached hydrogens (tertiary/aromatic N) is 3. The first-order valence-corrected chi connectivity index (χ1v) is 11.9. The number of carbonyl (C=O) groups excluding carboxylic acids is 2. The van der Waals surface area contributed by atoms with Crippen molar-refractivity contribution in [1.29, 1.82) is 0 Å². The summed E-state index contributed by atoms with van der Waals surface area (Å²) < 4.78 is 13.8. The number of nitrogens with one attached hydrogen (secondary N) is 1. The number of hydrogen-bond acceptors (Lipinski definition) is 5. The monoisotopic (exact) mass is 444 g/mol. The Balaban J connectivity index is 1.49. The van der Waals surface area contributed by atoms with E-state index in [0.717, 1.165) is 24.1 Å². The number of aryl methyl sites for hydroxylation is 1. The summed E-state index contributed by atoms with van der Waals surface area (Å²) >= 11 is 1.37. The van der Waals surface area contributed by atoms with Gasteiger partial charge in [0.05, 0.1) is 6.54 Å². The number of hydrogen-bond donors (Lipinski definition) is 1. The number of benzene rings is 1. The van der Waals surface area contributed by atoms with Crippen molar-refractivity contribution in [3.8, 4) is 0 Å². The molecule has 1 aromatic carbocycles. The molecule has 6 nitrogen and oxygen atoms in total. The normalized spacial score (nSPS) is 18.8. The van der Waals surface area contributed by atoms with Crippen LogP contribution in [0.25, 0.3) is 0 Å². The first-order chi connectivity index (χ1) is 15.0. The van der Waals surface area contributed by atoms with E-state index in [1.165, 1.54) is 42.7 Å². The highest BCUT2D eigenvalue weighted by atomic mass is 32.1. The molecule has 1 saturated carbocycles. The summed E-state index contributed by atoms with van der Waals surface area (Å²) in [5, 5.41) is 5.27. The van der Waals surface area contributed by atoms with Gasteiger partial charge < -0.3 is 15.1 Å². The Bertz CT molecular complexity index is 914. The number of thiazole rings is 1. The van der Waals surface area contributed by atoms with Crippen molar-refractivity contribution >= 4 is 34.0 Å². The molecule has 31 heavy (non-hydrogen) atoms. The van der Waals surface area contributed by atoms with Gasteiger partial charge in [0, 0.05) is 30.4 Å². The smallest absolute Gasteiger partial charge is 0.248 e. The molecule has 1 aliphatic heterocycles. The standard InChI is InChI=1S/C23H29FN4O2S/c1-16-7-8-18(24)14-19(16)27-10-11-28(21(29)15-27)20(13-17-5-3-2-4-6-17)22(30)26-23-25-9-12-31-23/h7-9,12,14,17,20H,2-6,10-11,13,15H2,1H3,(H,25,26,30)/t20-/m0/s1. The minimum atomic E-state index is -0.504. The van der Waals surface area contributed by atoms with Gasteiger partial charge in [0.25, 0.3) is 0 Å². The maximum atomic E-state index is 13.8. The number of carbonyl (C=O) groups is 2. The van der Waals surface area contributed by atoms with Crippen molar-refractivity contribution in [2.45, 2.75) is 51.5 Å². The maximum Gasteiger partial charge on any atom is 0.248 e. The fraction of sp³-hybridized carbons (Fsp3) is 0.522. The van der Waals surface area contributed by atoms with Crippen molar-refractivity contribution in [2.24, 2.45) is 5.92 Å². The molecule has 1 aromatic heterocycles. The van der Waals surface area contributed by atoms with Crippen LogP contribution < -0.4 is 10.2 Å². The summed E-state index contributed by atoms with van der Waals surface area (Å²) in [6.45, 7) is 3.08. The van der Waals surface area contributed by atoms with E-state index in [9.17, 15) is 14.0 Å². The molecule has 1 atom stereocenters. The summed E-state index contributed by atoms with van der Waals surface area (Å²) in [6.07, 6.45) is 8.17. The van der Waals surface area contributed by atoms with Crippen LogP contribution in [0.4, 0.5) is 15.2 Å². The first-order valence-electron chi connectivity index (χ1n) is 11.0. The largest absolute Gasteiger partial charge is 0.360 e. The molecule has 0 unspecified atom stereocenters. The van der Waals surface area contributed by atoms with Crippen LogP contribution in [0.2, 0.25) is 0 Å². The zero-order chi connectivity index (χ0) is 21.8. The van der Waals surface area contributed by atoms with Gasteiger partial charge in [-0.1, -0.05) is 38.2 Å². The molecular weight excluding hydrogens is 415 g/mol. The summed E-state index contributed by atoms with van der Waals surface area (Å²) in [6, 6.07) is 4.14. The molecule has 2 aliphatic rings. The average molecular weight is 445 g/mol. The number of aromatic nitrogens is 1. The fourth-order valence-electron chi connectivity index (χ4n) is 4.73. The molecule has 8 heteroatoms. The lowest BCUT2D eigenvalue weighted by molar-refractivity contribution is -0.139. The summed E-state index contributed by atoms with van der Waals surface area (Å²) in [5.41, 5.74) is 1.67. The van der Waals surface area contributed by atoms with Gasteiger partial charge in [-0.25, -0.2) is 9.37 Å². The number of rotatable bonds is 6. The van der Waals surface area contributed by atoms with Gasteiger partial charge in [-0.15, -0.1) is 11.3 Å². The van der Waals surface area contributed by atoms with Crippen molar-refractivity contribution in [1.82, 2.24) is 9.88 Å². The highest BCUT2D eigenvalue weighted by Gasteiger charge is 2.36. The first kappa shape index (κ1) is 21.7. The van der Waals surface area contributed by atoms with E-state index < -0.39 is 6.04 Å². The molecule has 1 saturated heterocycles. The van der Waals surface area contributed by atoms with Gasteiger partial charge in [-0.2, -0.15) is 0 Å². The van der Waals surface area contributed by atoms with E-state index in [-0.39, 0.29) is 24.2 Å². The zero-order valence-electron chi connectivity index (χ0n) is 17.8. The predicted molar refractivity (Wildman–Crippen MR) is 121 cm³/mol. The van der Waals surface area contributed by atoms with Gasteiger partial charge in [-0.3, -0.25) is 9.59 Å². The van der Waals surface area contributed by atoms with E-state index in [0.29, 0.717) is 30.6 Å². The molecule has 1 aliphatic carbocycles. The zero-order valence-corrected chi connectivity index (χ0v) is 18.7. The molecule has 2 amide bonds. The van der Waals surface area contributed by atoms with E-state index in [1.807, 2.05) is 17.2 Å². The Hall–Kier alpha value is -2.48. The van der Waals surface area contributed by atoms with Crippen LogP contribution in [0.15, 0.2) is 29.8 Å². The van der Waals surface area contributed by atoms with Gasteiger partial charge in [-0.05, 0) is 37.0 Å². The van der Waals surface area contributed by atoms with E-state index >= 15 is 0 Å². The number of anilines is 2. The lowest BCUT2D eigenvalue weighted by Gasteiger charge is -2.41. The lowest BCUT2D eigenvalue weighted by Crippen LogP contribution is -2.57. The van der Waals surface area contributed by atoms with Crippen LogP contribution in [0, 0.1) is 18.7 Å². The Kier molecular flexibility index (Phi) is 6.85. The molecule has 0 radical (unpaired) electrons. The average Bonchev–Trinajstić information content (AvgIpc) is 3.28. The maximum absolute atomic E-state index is 13.8. The van der Waals surface area contributed by atoms with Crippen LogP contribution >= 0.6 is 11.3 Å². The second-order valence-corrected chi connectivity index (χ2v) is 9.42. The SMILES string of the molecule is Cc1ccc(F)cc1N1CCN([C@@H](CC2CCCCC2)C(=O)Nc2nccs2)C(=O)C1. The Morgan fingerprint density at radius 3 is 2.81 bits per heavy atom. The van der Waals surface area contributed by atoms with E-state index in [2.05, 4.69) is 10.3 Å². The van der Waals surface area contributed by atoms with Gasteiger partial charge in [0.15, 0.2) is 5.13 Å². The fourth-order valence-corrected chi connectivity index (χ4v) is 5.26. The molecule has 0 bridgehead atoms. The Morgan fingerprint density at radius 2 is 2.10 bits per heavy atom. The third-order valence-electron chi connectivity index (χ3n) is 6.39. The second kappa shape index (κ2) is 9.77. The molecule has 2 heterocycles. The number of amides is 2. The molecule has 4 rings (SSSR count). The predicted octanol–water partition coefficient (Wildman–Crippen LogP) is 4.22. The lowest BCUT2D eigenvalue weighted by atomic mass is 9.84. The van der Waals surface area contributed by atoms with Crippen molar-refractivity contribution in [2.75, 3.05) is 29.9 Å². The third-order valence-corrected chi connectivity index (χ3v) is 7.08. The van der Waals surface area contributed by atoms with Crippen molar-refractivity contribution < 1.29 is 14.0 Å². The van der Waals surface area contributed by atoms with Crippen LogP contribution in [-0.2, 0) is 9.59 Å². The molecule has 1 N–H and O–H groups in total.